The van der Waals surface area contributed by atoms with Gasteiger partial charge in [0.25, 0.3) is 0 Å². The summed E-state index contributed by atoms with van der Waals surface area (Å²) >= 11 is 0. The largest absolute Gasteiger partial charge is 0.388 e. The third-order valence-electron chi connectivity index (χ3n) is 3.79. The van der Waals surface area contributed by atoms with Crippen molar-refractivity contribution in [2.45, 2.75) is 18.9 Å². The van der Waals surface area contributed by atoms with Crippen LogP contribution in [-0.2, 0) is 0 Å². The van der Waals surface area contributed by atoms with Crippen LogP contribution in [0.1, 0.15) is 24.5 Å². The van der Waals surface area contributed by atoms with E-state index < -0.39 is 6.10 Å². The van der Waals surface area contributed by atoms with Crippen LogP contribution in [0.25, 0.3) is 10.9 Å². The van der Waals surface area contributed by atoms with Gasteiger partial charge in [0.05, 0.1) is 6.10 Å². The molecule has 18 heavy (non-hydrogen) atoms. The van der Waals surface area contributed by atoms with E-state index in [1.54, 1.807) is 12.3 Å². The fourth-order valence-corrected chi connectivity index (χ4v) is 2.80. The van der Waals surface area contributed by atoms with Gasteiger partial charge in [0.15, 0.2) is 0 Å². The molecule has 2 heterocycles. The Balaban J connectivity index is 1.98. The molecule has 1 fully saturated rings. The van der Waals surface area contributed by atoms with Crippen LogP contribution in [0.15, 0.2) is 24.4 Å². The third-order valence-corrected chi connectivity index (χ3v) is 3.79. The van der Waals surface area contributed by atoms with E-state index in [9.17, 15) is 9.50 Å². The second-order valence-electron chi connectivity index (χ2n) is 4.96. The Morgan fingerprint density at radius 1 is 1.39 bits per heavy atom. The zero-order valence-corrected chi connectivity index (χ0v) is 10.1. The highest BCUT2D eigenvalue weighted by atomic mass is 19.1. The molecule has 3 nitrogen and oxygen atoms in total. The smallest absolute Gasteiger partial charge is 0.132 e. The van der Waals surface area contributed by atoms with E-state index in [0.717, 1.165) is 31.4 Å². The monoisotopic (exact) mass is 248 g/mol. The third kappa shape index (κ3) is 1.91. The molecule has 2 unspecified atom stereocenters. The van der Waals surface area contributed by atoms with Crippen LogP contribution >= 0.6 is 0 Å². The zero-order valence-electron chi connectivity index (χ0n) is 10.1. The Morgan fingerprint density at radius 2 is 2.28 bits per heavy atom. The van der Waals surface area contributed by atoms with Gasteiger partial charge in [0.2, 0.25) is 0 Å². The second-order valence-corrected chi connectivity index (χ2v) is 4.96. The normalized spacial score (nSPS) is 22.2. The maximum absolute atomic E-state index is 13.9. The lowest BCUT2D eigenvalue weighted by Crippen LogP contribution is -2.33. The standard InChI is InChI=1S/C14H17FN2O/c15-11-4-1-5-12-13(11)10(8-17-12)14(18)9-3-2-6-16-7-9/h1,4-5,8-9,14,16-18H,2-3,6-7H2. The maximum atomic E-state index is 13.9. The lowest BCUT2D eigenvalue weighted by Gasteiger charge is -2.27. The van der Waals surface area contributed by atoms with Crippen LogP contribution in [0.5, 0.6) is 0 Å². The van der Waals surface area contributed by atoms with Crippen molar-refractivity contribution in [2.75, 3.05) is 13.1 Å². The number of fused-ring (bicyclic) bond motifs is 1. The Labute approximate surface area is 105 Å². The maximum Gasteiger partial charge on any atom is 0.132 e. The number of aliphatic hydroxyl groups excluding tert-OH is 1. The van der Waals surface area contributed by atoms with Crippen LogP contribution in [0.3, 0.4) is 0 Å². The highest BCUT2D eigenvalue weighted by Gasteiger charge is 2.25. The van der Waals surface area contributed by atoms with E-state index in [-0.39, 0.29) is 11.7 Å². The molecule has 96 valence electrons. The van der Waals surface area contributed by atoms with Crippen molar-refractivity contribution < 1.29 is 9.50 Å². The number of halogens is 1. The van der Waals surface area contributed by atoms with Gasteiger partial charge in [-0.1, -0.05) is 6.07 Å². The number of hydrogen-bond acceptors (Lipinski definition) is 2. The number of H-pyrrole nitrogens is 1. The number of nitrogens with one attached hydrogen (secondary N) is 2. The SMILES string of the molecule is OC(c1c[nH]c2cccc(F)c12)C1CCCNC1. The van der Waals surface area contributed by atoms with Gasteiger partial charge in [0, 0.05) is 35.1 Å². The lowest BCUT2D eigenvalue weighted by molar-refractivity contribution is 0.0933. The Kier molecular flexibility index (Phi) is 3.06. The molecule has 2 atom stereocenters. The first-order chi connectivity index (χ1) is 8.77. The molecule has 0 bridgehead atoms. The highest BCUT2D eigenvalue weighted by Crippen LogP contribution is 2.33. The summed E-state index contributed by atoms with van der Waals surface area (Å²) in [5.74, 6) is -0.107. The van der Waals surface area contributed by atoms with E-state index in [0.29, 0.717) is 10.9 Å². The van der Waals surface area contributed by atoms with Crippen molar-refractivity contribution in [3.8, 4) is 0 Å². The topological polar surface area (TPSA) is 48.0 Å². The highest BCUT2D eigenvalue weighted by molar-refractivity contribution is 5.84. The summed E-state index contributed by atoms with van der Waals surface area (Å²) in [6.07, 6.45) is 3.16. The fourth-order valence-electron chi connectivity index (χ4n) is 2.80. The molecule has 1 aliphatic rings. The minimum atomic E-state index is -0.608. The first-order valence-corrected chi connectivity index (χ1v) is 6.41. The average molecular weight is 248 g/mol. The van der Waals surface area contributed by atoms with Gasteiger partial charge in [-0.05, 0) is 31.5 Å². The van der Waals surface area contributed by atoms with Crippen LogP contribution in [0.2, 0.25) is 0 Å². The molecule has 1 aliphatic heterocycles. The molecule has 1 aromatic carbocycles. The molecule has 3 rings (SSSR count). The van der Waals surface area contributed by atoms with Gasteiger partial charge >= 0.3 is 0 Å². The number of aliphatic hydroxyl groups is 1. The number of benzene rings is 1. The minimum absolute atomic E-state index is 0.164. The summed E-state index contributed by atoms with van der Waals surface area (Å²) in [6, 6.07) is 4.94. The van der Waals surface area contributed by atoms with E-state index >= 15 is 0 Å². The molecule has 0 amide bonds. The van der Waals surface area contributed by atoms with E-state index in [4.69, 9.17) is 0 Å². The van der Waals surface area contributed by atoms with Crippen LogP contribution < -0.4 is 5.32 Å². The van der Waals surface area contributed by atoms with Gasteiger partial charge < -0.3 is 15.4 Å². The molecular formula is C14H17FN2O. The first-order valence-electron chi connectivity index (χ1n) is 6.41. The molecular weight excluding hydrogens is 231 g/mol. The summed E-state index contributed by atoms with van der Waals surface area (Å²) in [5.41, 5.74) is 1.42. The number of hydrogen-bond donors (Lipinski definition) is 3. The first kappa shape index (κ1) is 11.7. The van der Waals surface area contributed by atoms with Gasteiger partial charge in [0.1, 0.15) is 5.82 Å². The fraction of sp³-hybridized carbons (Fsp3) is 0.429. The number of aromatic amines is 1. The van der Waals surface area contributed by atoms with Gasteiger partial charge in [-0.2, -0.15) is 0 Å². The summed E-state index contributed by atoms with van der Waals surface area (Å²) in [6.45, 7) is 1.80. The van der Waals surface area contributed by atoms with Crippen molar-refractivity contribution in [1.29, 1.82) is 0 Å². The van der Waals surface area contributed by atoms with E-state index in [1.165, 1.54) is 6.07 Å². The Bertz CT molecular complexity index is 546. The molecule has 4 heteroatoms. The lowest BCUT2D eigenvalue weighted by atomic mass is 9.89. The Hall–Kier alpha value is -1.39. The molecule has 1 aromatic heterocycles. The molecule has 1 saturated heterocycles. The molecule has 0 aliphatic carbocycles. The summed E-state index contributed by atoms with van der Waals surface area (Å²) in [7, 11) is 0. The second kappa shape index (κ2) is 4.71. The average Bonchev–Trinajstić information content (AvgIpc) is 2.84. The summed E-state index contributed by atoms with van der Waals surface area (Å²) in [4.78, 5) is 3.03. The molecule has 0 spiro atoms. The molecule has 3 N–H and O–H groups in total. The molecule has 0 radical (unpaired) electrons. The predicted octanol–water partition coefficient (Wildman–Crippen LogP) is 2.34. The van der Waals surface area contributed by atoms with Crippen molar-refractivity contribution in [3.63, 3.8) is 0 Å². The zero-order chi connectivity index (χ0) is 12.5. The van der Waals surface area contributed by atoms with Gasteiger partial charge in [-0.25, -0.2) is 4.39 Å². The van der Waals surface area contributed by atoms with Crippen LogP contribution in [0.4, 0.5) is 4.39 Å². The van der Waals surface area contributed by atoms with Crippen molar-refractivity contribution in [2.24, 2.45) is 5.92 Å². The van der Waals surface area contributed by atoms with Gasteiger partial charge in [-0.15, -0.1) is 0 Å². The quantitative estimate of drug-likeness (QED) is 0.764. The molecule has 0 saturated carbocycles. The van der Waals surface area contributed by atoms with Crippen molar-refractivity contribution in [1.82, 2.24) is 10.3 Å². The summed E-state index contributed by atoms with van der Waals surface area (Å²) in [5, 5.41) is 14.2. The summed E-state index contributed by atoms with van der Waals surface area (Å²) < 4.78 is 13.9. The van der Waals surface area contributed by atoms with Crippen molar-refractivity contribution in [3.05, 3.63) is 35.8 Å². The van der Waals surface area contributed by atoms with Crippen LogP contribution in [-0.4, -0.2) is 23.2 Å². The number of rotatable bonds is 2. The van der Waals surface area contributed by atoms with Crippen molar-refractivity contribution >= 4 is 10.9 Å². The number of aromatic nitrogens is 1. The van der Waals surface area contributed by atoms with Crippen LogP contribution in [0, 0.1) is 11.7 Å². The van der Waals surface area contributed by atoms with E-state index in [2.05, 4.69) is 10.3 Å². The van der Waals surface area contributed by atoms with Gasteiger partial charge in [-0.3, -0.25) is 0 Å². The van der Waals surface area contributed by atoms with E-state index in [1.807, 2.05) is 6.07 Å². The Morgan fingerprint density at radius 3 is 3.06 bits per heavy atom. The number of piperidine rings is 1. The minimum Gasteiger partial charge on any atom is -0.388 e. The molecule has 2 aromatic rings. The predicted molar refractivity (Wildman–Crippen MR) is 68.8 cm³/mol.